The minimum absolute atomic E-state index is 0.258. The van der Waals surface area contributed by atoms with Crippen molar-refractivity contribution >= 4 is 17.3 Å². The molecule has 0 radical (unpaired) electrons. The topological polar surface area (TPSA) is 54.0 Å². The van der Waals surface area contributed by atoms with Crippen LogP contribution >= 0.6 is 0 Å². The van der Waals surface area contributed by atoms with Crippen LogP contribution in [0.4, 0.5) is 15.8 Å². The molecule has 0 unspecified atom stereocenters. The second-order valence-corrected chi connectivity index (χ2v) is 6.40. The molecule has 0 spiro atoms. The van der Waals surface area contributed by atoms with E-state index in [2.05, 4.69) is 35.5 Å². The average molecular weight is 363 g/mol. The molecule has 0 aliphatic rings. The van der Waals surface area contributed by atoms with E-state index in [9.17, 15) is 9.18 Å². The van der Waals surface area contributed by atoms with Crippen LogP contribution in [0.25, 0.3) is 0 Å². The number of nitrogens with one attached hydrogen (secondary N) is 2. The van der Waals surface area contributed by atoms with Gasteiger partial charge in [-0.25, -0.2) is 9.37 Å². The van der Waals surface area contributed by atoms with Gasteiger partial charge in [0, 0.05) is 12.2 Å². The normalized spacial score (nSPS) is 10.5. The molecule has 138 valence electrons. The number of hydrogen-bond acceptors (Lipinski definition) is 3. The molecule has 4 nitrogen and oxygen atoms in total. The van der Waals surface area contributed by atoms with Crippen LogP contribution in [-0.2, 0) is 6.42 Å². The zero-order valence-corrected chi connectivity index (χ0v) is 15.4. The molecule has 0 saturated heterocycles. The van der Waals surface area contributed by atoms with Crippen LogP contribution < -0.4 is 10.6 Å². The first-order chi connectivity index (χ1) is 13.0. The van der Waals surface area contributed by atoms with Crippen molar-refractivity contribution in [2.45, 2.75) is 20.3 Å². The summed E-state index contributed by atoms with van der Waals surface area (Å²) in [5.41, 5.74) is 5.12. The van der Waals surface area contributed by atoms with Crippen molar-refractivity contribution in [1.29, 1.82) is 0 Å². The van der Waals surface area contributed by atoms with Gasteiger partial charge >= 0.3 is 0 Å². The molecule has 0 saturated carbocycles. The Balaban J connectivity index is 1.57. The molecular weight excluding hydrogens is 341 g/mol. The predicted octanol–water partition coefficient (Wildman–Crippen LogP) is 4.55. The lowest BCUT2D eigenvalue weighted by molar-refractivity contribution is 0.0949. The van der Waals surface area contributed by atoms with E-state index in [1.165, 1.54) is 17.2 Å². The number of anilines is 2. The van der Waals surface area contributed by atoms with E-state index in [1.807, 2.05) is 18.2 Å². The quantitative estimate of drug-likeness (QED) is 0.675. The van der Waals surface area contributed by atoms with Crippen LogP contribution in [-0.4, -0.2) is 17.4 Å². The zero-order valence-electron chi connectivity index (χ0n) is 15.4. The highest BCUT2D eigenvalue weighted by atomic mass is 19.1. The van der Waals surface area contributed by atoms with Crippen molar-refractivity contribution in [2.75, 3.05) is 11.9 Å². The SMILES string of the molecule is Cc1cccc(Nc2ccc(C(=O)NCCc3ccccc3F)nc2)c1C. The molecule has 0 fully saturated rings. The molecule has 2 aromatic carbocycles. The Morgan fingerprint density at radius 3 is 2.59 bits per heavy atom. The van der Waals surface area contributed by atoms with Crippen LogP contribution in [0.1, 0.15) is 27.2 Å². The number of hydrogen-bond donors (Lipinski definition) is 2. The van der Waals surface area contributed by atoms with Crippen molar-refractivity contribution in [3.05, 3.63) is 89.0 Å². The molecule has 2 N–H and O–H groups in total. The van der Waals surface area contributed by atoms with Gasteiger partial charge in [-0.1, -0.05) is 30.3 Å². The van der Waals surface area contributed by atoms with Gasteiger partial charge in [0.2, 0.25) is 0 Å². The Kier molecular flexibility index (Phi) is 5.81. The lowest BCUT2D eigenvalue weighted by Crippen LogP contribution is -2.26. The Hall–Kier alpha value is -3.21. The Morgan fingerprint density at radius 1 is 1.04 bits per heavy atom. The Labute approximate surface area is 158 Å². The standard InChI is InChI=1S/C22H22FN3O/c1-15-6-5-9-20(16(15)2)26-18-10-11-21(25-14-18)22(27)24-13-12-17-7-3-4-8-19(17)23/h3-11,14,26H,12-13H2,1-2H3,(H,24,27). The number of pyridine rings is 1. The zero-order chi connectivity index (χ0) is 19.2. The smallest absolute Gasteiger partial charge is 0.269 e. The van der Waals surface area contributed by atoms with Gasteiger partial charge in [0.05, 0.1) is 11.9 Å². The van der Waals surface area contributed by atoms with E-state index >= 15 is 0 Å². The maximum atomic E-state index is 13.6. The van der Waals surface area contributed by atoms with Crippen molar-refractivity contribution in [3.8, 4) is 0 Å². The third-order valence-corrected chi connectivity index (χ3v) is 4.52. The second kappa shape index (κ2) is 8.45. The van der Waals surface area contributed by atoms with Gasteiger partial charge in [0.1, 0.15) is 11.5 Å². The number of carbonyl (C=O) groups is 1. The summed E-state index contributed by atoms with van der Waals surface area (Å²) in [4.78, 5) is 16.4. The summed E-state index contributed by atoms with van der Waals surface area (Å²) >= 11 is 0. The number of halogens is 1. The van der Waals surface area contributed by atoms with Crippen LogP contribution in [0.3, 0.4) is 0 Å². The Bertz CT molecular complexity index is 939. The summed E-state index contributed by atoms with van der Waals surface area (Å²) in [5, 5.41) is 6.09. The van der Waals surface area contributed by atoms with Crippen LogP contribution in [0.5, 0.6) is 0 Å². The number of amides is 1. The molecule has 0 aliphatic carbocycles. The van der Waals surface area contributed by atoms with Crippen LogP contribution in [0, 0.1) is 19.7 Å². The third-order valence-electron chi connectivity index (χ3n) is 4.52. The maximum Gasteiger partial charge on any atom is 0.269 e. The number of nitrogens with zero attached hydrogens (tertiary/aromatic N) is 1. The molecule has 0 atom stereocenters. The van der Waals surface area contributed by atoms with E-state index < -0.39 is 0 Å². The highest BCUT2D eigenvalue weighted by Crippen LogP contribution is 2.22. The summed E-state index contributed by atoms with van der Waals surface area (Å²) in [6.07, 6.45) is 2.07. The van der Waals surface area contributed by atoms with Gasteiger partial charge in [0.15, 0.2) is 0 Å². The molecule has 3 aromatic rings. The van der Waals surface area contributed by atoms with Crippen molar-refractivity contribution < 1.29 is 9.18 Å². The lowest BCUT2D eigenvalue weighted by Gasteiger charge is -2.11. The minimum atomic E-state index is -0.273. The maximum absolute atomic E-state index is 13.6. The van der Waals surface area contributed by atoms with Crippen molar-refractivity contribution in [3.63, 3.8) is 0 Å². The molecule has 5 heteroatoms. The van der Waals surface area contributed by atoms with Gasteiger partial charge in [-0.3, -0.25) is 4.79 Å². The molecule has 1 aromatic heterocycles. The lowest BCUT2D eigenvalue weighted by atomic mass is 10.1. The minimum Gasteiger partial charge on any atom is -0.354 e. The van der Waals surface area contributed by atoms with Gasteiger partial charge in [-0.05, 0) is 61.2 Å². The van der Waals surface area contributed by atoms with Gasteiger partial charge in [0.25, 0.3) is 5.91 Å². The number of aromatic nitrogens is 1. The molecular formula is C22H22FN3O. The van der Waals surface area contributed by atoms with Gasteiger partial charge in [-0.2, -0.15) is 0 Å². The first-order valence-electron chi connectivity index (χ1n) is 8.85. The molecule has 1 heterocycles. The highest BCUT2D eigenvalue weighted by molar-refractivity contribution is 5.92. The van der Waals surface area contributed by atoms with E-state index in [0.29, 0.717) is 24.2 Å². The molecule has 27 heavy (non-hydrogen) atoms. The van der Waals surface area contributed by atoms with E-state index in [-0.39, 0.29) is 11.7 Å². The molecule has 3 rings (SSSR count). The summed E-state index contributed by atoms with van der Waals surface area (Å²) in [5.74, 6) is -0.531. The number of carbonyl (C=O) groups excluding carboxylic acids is 1. The molecule has 0 bridgehead atoms. The molecule has 1 amide bonds. The predicted molar refractivity (Wildman–Crippen MR) is 106 cm³/mol. The highest BCUT2D eigenvalue weighted by Gasteiger charge is 2.08. The van der Waals surface area contributed by atoms with E-state index in [1.54, 1.807) is 30.5 Å². The summed E-state index contributed by atoms with van der Waals surface area (Å²) in [6.45, 7) is 4.47. The van der Waals surface area contributed by atoms with Crippen molar-refractivity contribution in [1.82, 2.24) is 10.3 Å². The number of aryl methyl sites for hydroxylation is 1. The van der Waals surface area contributed by atoms with Gasteiger partial charge in [-0.15, -0.1) is 0 Å². The fraction of sp³-hybridized carbons (Fsp3) is 0.182. The van der Waals surface area contributed by atoms with Gasteiger partial charge < -0.3 is 10.6 Å². The number of benzene rings is 2. The fourth-order valence-corrected chi connectivity index (χ4v) is 2.75. The monoisotopic (exact) mass is 363 g/mol. The first kappa shape index (κ1) is 18.6. The second-order valence-electron chi connectivity index (χ2n) is 6.40. The summed E-state index contributed by atoms with van der Waals surface area (Å²) in [6, 6.07) is 16.1. The average Bonchev–Trinajstić information content (AvgIpc) is 2.67. The van der Waals surface area contributed by atoms with E-state index in [4.69, 9.17) is 0 Å². The first-order valence-corrected chi connectivity index (χ1v) is 8.85. The van der Waals surface area contributed by atoms with Crippen LogP contribution in [0.2, 0.25) is 0 Å². The molecule has 0 aliphatic heterocycles. The summed E-state index contributed by atoms with van der Waals surface area (Å²) in [7, 11) is 0. The Morgan fingerprint density at radius 2 is 1.85 bits per heavy atom. The summed E-state index contributed by atoms with van der Waals surface area (Å²) < 4.78 is 13.6. The van der Waals surface area contributed by atoms with E-state index in [0.717, 1.165) is 11.4 Å². The van der Waals surface area contributed by atoms with Crippen LogP contribution in [0.15, 0.2) is 60.8 Å². The number of rotatable bonds is 6. The largest absolute Gasteiger partial charge is 0.354 e. The van der Waals surface area contributed by atoms with Crippen molar-refractivity contribution in [2.24, 2.45) is 0 Å². The third kappa shape index (κ3) is 4.70. The fourth-order valence-electron chi connectivity index (χ4n) is 2.75.